The van der Waals surface area contributed by atoms with Gasteiger partial charge in [0.05, 0.1) is 35.0 Å². The molecule has 4 aromatic rings. The summed E-state index contributed by atoms with van der Waals surface area (Å²) in [5, 5.41) is 0. The van der Waals surface area contributed by atoms with Crippen molar-refractivity contribution in [2.45, 2.75) is 90.5 Å². The van der Waals surface area contributed by atoms with Crippen molar-refractivity contribution in [3.8, 4) is 23.1 Å². The van der Waals surface area contributed by atoms with Crippen LogP contribution in [0.4, 0.5) is 9.59 Å². The number of aromatic amines is 2. The third-order valence-corrected chi connectivity index (χ3v) is 9.11. The number of hydrogen-bond acceptors (Lipinski definition) is 7. The first kappa shape index (κ1) is 36.7. The van der Waals surface area contributed by atoms with Crippen LogP contribution in [0.1, 0.15) is 102 Å². The van der Waals surface area contributed by atoms with Crippen LogP contribution in [0.15, 0.2) is 60.8 Å². The minimum atomic E-state index is -0.604. The molecule has 2 N–H and O–H groups in total. The van der Waals surface area contributed by atoms with Crippen LogP contribution in [0, 0.1) is 17.8 Å². The molecule has 0 saturated carbocycles. The molecule has 2 saturated heterocycles. The van der Waals surface area contributed by atoms with Gasteiger partial charge < -0.3 is 29.1 Å². The second-order valence-corrected chi connectivity index (χ2v) is 15.9. The molecule has 0 unspecified atom stereocenters. The molecule has 2 fully saturated rings. The molecule has 0 spiro atoms. The smallest absolute Gasteiger partial charge is 0.411 e. The number of aromatic nitrogens is 4. The molecule has 11 heteroatoms. The fraction of sp³-hybridized carbons (Fsp3) is 0.463. The van der Waals surface area contributed by atoms with E-state index in [2.05, 4.69) is 33.4 Å². The van der Waals surface area contributed by atoms with Gasteiger partial charge in [0.15, 0.2) is 0 Å². The number of likely N-dealkylation sites (tertiary alicyclic amines) is 1. The summed E-state index contributed by atoms with van der Waals surface area (Å²) in [6.07, 6.45) is 4.45. The van der Waals surface area contributed by atoms with Crippen molar-refractivity contribution in [1.29, 1.82) is 0 Å². The quantitative estimate of drug-likeness (QED) is 0.153. The molecule has 0 radical (unpaired) electrons. The number of carbonyl (C=O) groups is 2. The van der Waals surface area contributed by atoms with Gasteiger partial charge in [-0.15, -0.1) is 0 Å². The van der Waals surface area contributed by atoms with Crippen LogP contribution < -0.4 is 0 Å². The number of amides is 2. The van der Waals surface area contributed by atoms with E-state index in [1.165, 1.54) is 0 Å². The highest BCUT2D eigenvalue weighted by atomic mass is 16.6. The van der Waals surface area contributed by atoms with Gasteiger partial charge >= 0.3 is 12.2 Å². The first-order chi connectivity index (χ1) is 24.6. The third kappa shape index (κ3) is 9.04. The number of H-pyrrole nitrogens is 2. The van der Waals surface area contributed by atoms with Gasteiger partial charge in [0, 0.05) is 37.9 Å². The van der Waals surface area contributed by atoms with Gasteiger partial charge in [0.2, 0.25) is 0 Å². The molecule has 0 bridgehead atoms. The Morgan fingerprint density at radius 2 is 1.75 bits per heavy atom. The molecule has 2 aliphatic rings. The van der Waals surface area contributed by atoms with E-state index in [4.69, 9.17) is 19.2 Å². The maximum absolute atomic E-state index is 13.1. The number of nitrogens with one attached hydrogen (secondary N) is 2. The molecule has 2 aromatic carbocycles. The van der Waals surface area contributed by atoms with Crippen molar-refractivity contribution >= 4 is 23.2 Å². The normalized spacial score (nSPS) is 18.5. The predicted molar refractivity (Wildman–Crippen MR) is 200 cm³/mol. The highest BCUT2D eigenvalue weighted by molar-refractivity contribution is 5.77. The van der Waals surface area contributed by atoms with E-state index in [-0.39, 0.29) is 24.3 Å². The van der Waals surface area contributed by atoms with E-state index >= 15 is 0 Å². The summed E-state index contributed by atoms with van der Waals surface area (Å²) in [6, 6.07) is 13.3. The minimum Gasteiger partial charge on any atom is -0.444 e. The van der Waals surface area contributed by atoms with Gasteiger partial charge in [-0.1, -0.05) is 36.1 Å². The Morgan fingerprint density at radius 1 is 1.04 bits per heavy atom. The topological polar surface area (TPSA) is 126 Å². The molecular formula is C41H50N6O5. The van der Waals surface area contributed by atoms with Gasteiger partial charge in [0.1, 0.15) is 22.9 Å². The fourth-order valence-electron chi connectivity index (χ4n) is 6.57. The first-order valence-electron chi connectivity index (χ1n) is 18.0. The first-order valence-corrected chi connectivity index (χ1v) is 18.0. The Hall–Kier alpha value is -5.08. The lowest BCUT2D eigenvalue weighted by molar-refractivity contribution is 0.00987. The number of benzene rings is 2. The van der Waals surface area contributed by atoms with Crippen LogP contribution in [0.25, 0.3) is 22.3 Å². The molecule has 2 amide bonds. The lowest BCUT2D eigenvalue weighted by Crippen LogP contribution is -2.38. The Kier molecular flexibility index (Phi) is 10.5. The van der Waals surface area contributed by atoms with Gasteiger partial charge in [-0.05, 0) is 109 Å². The predicted octanol–water partition coefficient (Wildman–Crippen LogP) is 8.32. The van der Waals surface area contributed by atoms with Crippen LogP contribution >= 0.6 is 0 Å². The van der Waals surface area contributed by atoms with Crippen LogP contribution in [-0.2, 0) is 14.2 Å². The summed E-state index contributed by atoms with van der Waals surface area (Å²) in [4.78, 5) is 45.8. The Bertz CT molecular complexity index is 1980. The second-order valence-electron chi connectivity index (χ2n) is 15.9. The summed E-state index contributed by atoms with van der Waals surface area (Å²) in [5.41, 5.74) is 4.95. The van der Waals surface area contributed by atoms with E-state index in [1.807, 2.05) is 84.0 Å². The van der Waals surface area contributed by atoms with Crippen molar-refractivity contribution < 1.29 is 23.8 Å². The van der Waals surface area contributed by atoms with Crippen LogP contribution in [-0.4, -0.2) is 79.9 Å². The van der Waals surface area contributed by atoms with Gasteiger partial charge in [-0.25, -0.2) is 19.6 Å². The molecule has 6 rings (SSSR count). The van der Waals surface area contributed by atoms with E-state index in [9.17, 15) is 9.59 Å². The summed E-state index contributed by atoms with van der Waals surface area (Å²) in [7, 11) is 1.77. The molecular weight excluding hydrogens is 656 g/mol. The van der Waals surface area contributed by atoms with Crippen molar-refractivity contribution in [3.05, 3.63) is 83.6 Å². The van der Waals surface area contributed by atoms with Gasteiger partial charge in [-0.3, -0.25) is 4.90 Å². The van der Waals surface area contributed by atoms with Crippen molar-refractivity contribution in [1.82, 2.24) is 29.7 Å². The van der Waals surface area contributed by atoms with E-state index in [0.717, 1.165) is 64.9 Å². The minimum absolute atomic E-state index is 0.257. The zero-order valence-corrected chi connectivity index (χ0v) is 31.3. The number of nitrogens with zero attached hydrogens (tertiary/aromatic N) is 4. The molecule has 274 valence electrons. The highest BCUT2D eigenvalue weighted by Gasteiger charge is 2.37. The Morgan fingerprint density at radius 3 is 2.44 bits per heavy atom. The van der Waals surface area contributed by atoms with E-state index in [0.29, 0.717) is 37.1 Å². The summed E-state index contributed by atoms with van der Waals surface area (Å²) < 4.78 is 17.1. The number of carbonyl (C=O) groups excluding carboxylic acids is 2. The Balaban J connectivity index is 1.16. The number of imidazole rings is 2. The summed E-state index contributed by atoms with van der Waals surface area (Å²) in [5.74, 6) is 8.29. The van der Waals surface area contributed by atoms with Crippen LogP contribution in [0.5, 0.6) is 0 Å². The largest absolute Gasteiger partial charge is 0.444 e. The lowest BCUT2D eigenvalue weighted by atomic mass is 9.93. The maximum atomic E-state index is 13.1. The number of rotatable bonds is 6. The van der Waals surface area contributed by atoms with E-state index in [1.54, 1.807) is 23.0 Å². The molecule has 2 aliphatic heterocycles. The highest BCUT2D eigenvalue weighted by Crippen LogP contribution is 2.35. The van der Waals surface area contributed by atoms with Gasteiger partial charge in [-0.2, -0.15) is 0 Å². The van der Waals surface area contributed by atoms with Crippen molar-refractivity contribution in [2.75, 3.05) is 26.8 Å². The Labute approximate surface area is 306 Å². The monoisotopic (exact) mass is 706 g/mol. The average Bonchev–Trinajstić information content (AvgIpc) is 3.83. The summed E-state index contributed by atoms with van der Waals surface area (Å²) >= 11 is 0. The average molecular weight is 707 g/mol. The fourth-order valence-corrected chi connectivity index (χ4v) is 6.57. The molecule has 0 aliphatic carbocycles. The molecule has 11 nitrogen and oxygen atoms in total. The van der Waals surface area contributed by atoms with Crippen molar-refractivity contribution in [2.24, 2.45) is 5.92 Å². The zero-order chi connectivity index (χ0) is 37.2. The number of hydrogen-bond donors (Lipinski definition) is 2. The third-order valence-electron chi connectivity index (χ3n) is 9.11. The maximum Gasteiger partial charge on any atom is 0.411 e. The zero-order valence-electron chi connectivity index (χ0n) is 31.3. The number of fused-ring (bicyclic) bond motifs is 1. The molecule has 2 aromatic heterocycles. The van der Waals surface area contributed by atoms with Crippen LogP contribution in [0.2, 0.25) is 0 Å². The van der Waals surface area contributed by atoms with Gasteiger partial charge in [0.25, 0.3) is 0 Å². The SMILES string of the molecule is C=C1C[C@@H](c2ncc(-c3ccc(C#Cc4ccc5nc([C@H](C[C@@H]6CCCOC6)N(C)C(=O)OC(C)(C)C)[nH]c5c4)cc3)[nH]2)N(C(=O)OC(C)(C)C)C1. The molecule has 4 heterocycles. The van der Waals surface area contributed by atoms with Crippen LogP contribution in [0.3, 0.4) is 0 Å². The van der Waals surface area contributed by atoms with E-state index < -0.39 is 11.2 Å². The molecule has 3 atom stereocenters. The lowest BCUT2D eigenvalue weighted by Gasteiger charge is -2.32. The number of ether oxygens (including phenoxy) is 3. The summed E-state index contributed by atoms with van der Waals surface area (Å²) in [6.45, 7) is 17.2. The molecule has 52 heavy (non-hydrogen) atoms. The van der Waals surface area contributed by atoms with Crippen molar-refractivity contribution in [3.63, 3.8) is 0 Å². The standard InChI is InChI=1S/C41H50N6O5/c1-26-20-35(47(24-26)39(49)52-41(5,6)7)36-42-23-33(45-36)30-16-13-27(14-17-30)11-12-28-15-18-31-32(21-28)44-37(43-31)34(22-29-10-9-19-50-25-29)46(8)38(48)51-40(2,3)4/h13-18,21,23,29,34-35H,1,9-10,19-20,22,24-25H2,2-8H3,(H,42,45)(H,43,44)/t29-,34-,35-/m0/s1. The second kappa shape index (κ2) is 14.9.